The van der Waals surface area contributed by atoms with Crippen molar-refractivity contribution < 1.29 is 9.18 Å². The van der Waals surface area contributed by atoms with Gasteiger partial charge in [0.25, 0.3) is 0 Å². The SMILES string of the molecule is CCN(C(=O)C1CCCNC1)c1ccc(F)cc1. The summed E-state index contributed by atoms with van der Waals surface area (Å²) in [6, 6.07) is 6.11. The van der Waals surface area contributed by atoms with Gasteiger partial charge in [0.15, 0.2) is 0 Å². The molecule has 0 radical (unpaired) electrons. The Labute approximate surface area is 107 Å². The lowest BCUT2D eigenvalue weighted by molar-refractivity contribution is -0.122. The van der Waals surface area contributed by atoms with Crippen LogP contribution in [-0.2, 0) is 4.79 Å². The second-order valence-corrected chi connectivity index (χ2v) is 4.60. The van der Waals surface area contributed by atoms with Crippen LogP contribution >= 0.6 is 0 Å². The molecule has 0 saturated carbocycles. The molecule has 1 amide bonds. The minimum Gasteiger partial charge on any atom is -0.316 e. The average Bonchev–Trinajstić information content (AvgIpc) is 2.42. The van der Waals surface area contributed by atoms with E-state index in [4.69, 9.17) is 0 Å². The number of amides is 1. The molecule has 0 bridgehead atoms. The van der Waals surface area contributed by atoms with Crippen molar-refractivity contribution in [1.82, 2.24) is 5.32 Å². The molecule has 2 rings (SSSR count). The van der Waals surface area contributed by atoms with Gasteiger partial charge < -0.3 is 10.2 Å². The van der Waals surface area contributed by atoms with E-state index in [0.717, 1.165) is 31.6 Å². The van der Waals surface area contributed by atoms with Crippen molar-refractivity contribution in [2.75, 3.05) is 24.5 Å². The van der Waals surface area contributed by atoms with Crippen molar-refractivity contribution in [3.8, 4) is 0 Å². The van der Waals surface area contributed by atoms with E-state index in [-0.39, 0.29) is 17.6 Å². The number of nitrogens with one attached hydrogen (secondary N) is 1. The maximum atomic E-state index is 12.9. The number of benzene rings is 1. The van der Waals surface area contributed by atoms with E-state index in [2.05, 4.69) is 5.32 Å². The Morgan fingerprint density at radius 1 is 1.44 bits per heavy atom. The summed E-state index contributed by atoms with van der Waals surface area (Å²) in [5.74, 6) is -0.0957. The highest BCUT2D eigenvalue weighted by Gasteiger charge is 2.25. The Kier molecular flexibility index (Phi) is 4.31. The first-order chi connectivity index (χ1) is 8.72. The molecule has 18 heavy (non-hydrogen) atoms. The molecule has 1 saturated heterocycles. The second-order valence-electron chi connectivity index (χ2n) is 4.60. The van der Waals surface area contributed by atoms with Crippen LogP contribution in [0.15, 0.2) is 24.3 Å². The Balaban J connectivity index is 2.12. The van der Waals surface area contributed by atoms with Gasteiger partial charge in [-0.25, -0.2) is 4.39 Å². The molecule has 1 aromatic carbocycles. The number of rotatable bonds is 3. The molecule has 4 heteroatoms. The van der Waals surface area contributed by atoms with E-state index in [1.165, 1.54) is 12.1 Å². The van der Waals surface area contributed by atoms with Crippen molar-refractivity contribution >= 4 is 11.6 Å². The van der Waals surface area contributed by atoms with Crippen LogP contribution in [0.2, 0.25) is 0 Å². The lowest BCUT2D eigenvalue weighted by Gasteiger charge is -2.29. The molecule has 1 N–H and O–H groups in total. The summed E-state index contributed by atoms with van der Waals surface area (Å²) in [6.45, 7) is 4.29. The molecule has 1 heterocycles. The fourth-order valence-electron chi connectivity index (χ4n) is 2.37. The highest BCUT2D eigenvalue weighted by molar-refractivity contribution is 5.95. The van der Waals surface area contributed by atoms with Crippen LogP contribution in [0.1, 0.15) is 19.8 Å². The zero-order valence-electron chi connectivity index (χ0n) is 10.7. The summed E-state index contributed by atoms with van der Waals surface area (Å²) >= 11 is 0. The smallest absolute Gasteiger partial charge is 0.231 e. The molecule has 98 valence electrons. The third-order valence-corrected chi connectivity index (χ3v) is 3.37. The number of piperidine rings is 1. The number of halogens is 1. The predicted octanol–water partition coefficient (Wildman–Crippen LogP) is 2.18. The Morgan fingerprint density at radius 2 is 2.17 bits per heavy atom. The summed E-state index contributed by atoms with van der Waals surface area (Å²) in [7, 11) is 0. The summed E-state index contributed by atoms with van der Waals surface area (Å²) < 4.78 is 12.9. The predicted molar refractivity (Wildman–Crippen MR) is 70.0 cm³/mol. The molecule has 1 aliphatic heterocycles. The molecule has 0 aliphatic carbocycles. The van der Waals surface area contributed by atoms with Crippen molar-refractivity contribution in [3.63, 3.8) is 0 Å². The van der Waals surface area contributed by atoms with Crippen LogP contribution in [0, 0.1) is 11.7 Å². The molecule has 1 atom stereocenters. The second kappa shape index (κ2) is 5.96. The van der Waals surface area contributed by atoms with E-state index in [9.17, 15) is 9.18 Å². The first-order valence-electron chi connectivity index (χ1n) is 6.50. The van der Waals surface area contributed by atoms with Gasteiger partial charge in [-0.1, -0.05) is 0 Å². The van der Waals surface area contributed by atoms with Crippen LogP contribution in [0.4, 0.5) is 10.1 Å². The molecule has 0 aromatic heterocycles. The summed E-state index contributed by atoms with van der Waals surface area (Å²) in [5, 5.41) is 3.25. The van der Waals surface area contributed by atoms with Crippen molar-refractivity contribution in [1.29, 1.82) is 0 Å². The molecular formula is C14H19FN2O. The average molecular weight is 250 g/mol. The van der Waals surface area contributed by atoms with Crippen molar-refractivity contribution in [3.05, 3.63) is 30.1 Å². The molecule has 1 unspecified atom stereocenters. The number of carbonyl (C=O) groups excluding carboxylic acids is 1. The van der Waals surface area contributed by atoms with Gasteiger partial charge in [0.1, 0.15) is 5.82 Å². The monoisotopic (exact) mass is 250 g/mol. The van der Waals surface area contributed by atoms with Gasteiger partial charge in [-0.2, -0.15) is 0 Å². The third-order valence-electron chi connectivity index (χ3n) is 3.37. The van der Waals surface area contributed by atoms with Gasteiger partial charge in [0.05, 0.1) is 5.92 Å². The van der Waals surface area contributed by atoms with Crippen LogP contribution in [0.25, 0.3) is 0 Å². The Morgan fingerprint density at radius 3 is 2.72 bits per heavy atom. The number of nitrogens with zero attached hydrogens (tertiary/aromatic N) is 1. The summed E-state index contributed by atoms with van der Waals surface area (Å²) in [6.07, 6.45) is 1.97. The largest absolute Gasteiger partial charge is 0.316 e. The minimum atomic E-state index is -0.276. The minimum absolute atomic E-state index is 0.0451. The van der Waals surface area contributed by atoms with E-state index in [1.54, 1.807) is 17.0 Å². The van der Waals surface area contributed by atoms with E-state index >= 15 is 0 Å². The van der Waals surface area contributed by atoms with Gasteiger partial charge in [0, 0.05) is 18.8 Å². The lowest BCUT2D eigenvalue weighted by atomic mass is 9.98. The normalized spacial score (nSPS) is 19.6. The Hall–Kier alpha value is -1.42. The standard InChI is InChI=1S/C14H19FN2O/c1-2-17(13-7-5-12(15)6-8-13)14(18)11-4-3-9-16-10-11/h5-8,11,16H,2-4,9-10H2,1H3. The van der Waals surface area contributed by atoms with E-state index in [1.807, 2.05) is 6.92 Å². The van der Waals surface area contributed by atoms with Gasteiger partial charge in [-0.3, -0.25) is 4.79 Å². The first kappa shape index (κ1) is 13.0. The lowest BCUT2D eigenvalue weighted by Crippen LogP contribution is -2.43. The highest BCUT2D eigenvalue weighted by atomic mass is 19.1. The number of hydrogen-bond acceptors (Lipinski definition) is 2. The molecule has 1 aromatic rings. The number of hydrogen-bond donors (Lipinski definition) is 1. The van der Waals surface area contributed by atoms with E-state index < -0.39 is 0 Å². The molecule has 0 spiro atoms. The van der Waals surface area contributed by atoms with Crippen LogP contribution in [0.5, 0.6) is 0 Å². The first-order valence-corrected chi connectivity index (χ1v) is 6.50. The van der Waals surface area contributed by atoms with Crippen LogP contribution < -0.4 is 10.2 Å². The molecule has 3 nitrogen and oxygen atoms in total. The van der Waals surface area contributed by atoms with Gasteiger partial charge in [-0.05, 0) is 50.6 Å². The zero-order chi connectivity index (χ0) is 13.0. The molecule has 1 fully saturated rings. The maximum absolute atomic E-state index is 12.9. The van der Waals surface area contributed by atoms with E-state index in [0.29, 0.717) is 6.54 Å². The van der Waals surface area contributed by atoms with Gasteiger partial charge in [0.2, 0.25) is 5.91 Å². The van der Waals surface area contributed by atoms with Gasteiger partial charge in [-0.15, -0.1) is 0 Å². The topological polar surface area (TPSA) is 32.3 Å². The molecular weight excluding hydrogens is 231 g/mol. The number of carbonyl (C=O) groups is 1. The summed E-state index contributed by atoms with van der Waals surface area (Å²) in [5.41, 5.74) is 0.773. The van der Waals surface area contributed by atoms with Gasteiger partial charge >= 0.3 is 0 Å². The maximum Gasteiger partial charge on any atom is 0.231 e. The highest BCUT2D eigenvalue weighted by Crippen LogP contribution is 2.20. The quantitative estimate of drug-likeness (QED) is 0.891. The fraction of sp³-hybridized carbons (Fsp3) is 0.500. The third kappa shape index (κ3) is 2.88. The summed E-state index contributed by atoms with van der Waals surface area (Å²) in [4.78, 5) is 14.1. The zero-order valence-corrected chi connectivity index (χ0v) is 10.7. The van der Waals surface area contributed by atoms with Crippen LogP contribution in [-0.4, -0.2) is 25.5 Å². The van der Waals surface area contributed by atoms with Crippen LogP contribution in [0.3, 0.4) is 0 Å². The molecule has 1 aliphatic rings. The van der Waals surface area contributed by atoms with Crippen molar-refractivity contribution in [2.45, 2.75) is 19.8 Å². The number of anilines is 1. The fourth-order valence-corrected chi connectivity index (χ4v) is 2.37. The van der Waals surface area contributed by atoms with Crippen molar-refractivity contribution in [2.24, 2.45) is 5.92 Å². The Bertz CT molecular complexity index is 399.